The highest BCUT2D eigenvalue weighted by Gasteiger charge is 2.04. The molecule has 136 valence electrons. The number of benzene rings is 2. The topological polar surface area (TPSA) is 84.2 Å². The van der Waals surface area contributed by atoms with Crippen molar-refractivity contribution in [3.63, 3.8) is 0 Å². The lowest BCUT2D eigenvalue weighted by Crippen LogP contribution is -2.27. The van der Waals surface area contributed by atoms with Gasteiger partial charge in [-0.25, -0.2) is 0 Å². The molecule has 0 aromatic heterocycles. The van der Waals surface area contributed by atoms with Crippen LogP contribution in [-0.4, -0.2) is 18.4 Å². The van der Waals surface area contributed by atoms with E-state index in [0.29, 0.717) is 13.0 Å². The molecule has 2 aromatic rings. The largest absolute Gasteiger partial charge is 0.399 e. The van der Waals surface area contributed by atoms with Crippen molar-refractivity contribution in [2.24, 2.45) is 0 Å². The quantitative estimate of drug-likeness (QED) is 0.670. The predicted octanol–water partition coefficient (Wildman–Crippen LogP) is 2.97. The molecule has 2 rings (SSSR count). The summed E-state index contributed by atoms with van der Waals surface area (Å²) in [6.07, 6.45) is 1.09. The fourth-order valence-electron chi connectivity index (χ4n) is 2.19. The average molecular weight is 384 g/mol. The third-order valence-electron chi connectivity index (χ3n) is 3.35. The van der Waals surface area contributed by atoms with Crippen molar-refractivity contribution in [2.75, 3.05) is 17.6 Å². The number of anilines is 2. The molecule has 0 saturated carbocycles. The highest BCUT2D eigenvalue weighted by atomic mass is 35.5. The summed E-state index contributed by atoms with van der Waals surface area (Å²) in [7, 11) is 0. The van der Waals surface area contributed by atoms with E-state index in [1.165, 1.54) is 6.92 Å². The zero-order valence-electron chi connectivity index (χ0n) is 14.0. The number of amides is 2. The van der Waals surface area contributed by atoms with Crippen molar-refractivity contribution in [3.05, 3.63) is 59.7 Å². The first-order valence-corrected chi connectivity index (χ1v) is 7.50. The van der Waals surface area contributed by atoms with Gasteiger partial charge in [-0.15, -0.1) is 24.8 Å². The maximum Gasteiger partial charge on any atom is 0.224 e. The van der Waals surface area contributed by atoms with Crippen molar-refractivity contribution in [2.45, 2.75) is 19.8 Å². The Morgan fingerprint density at radius 2 is 1.48 bits per heavy atom. The Morgan fingerprint density at radius 1 is 0.920 bits per heavy atom. The molecule has 5 nitrogen and oxygen atoms in total. The van der Waals surface area contributed by atoms with Crippen molar-refractivity contribution < 1.29 is 9.59 Å². The number of carbonyl (C=O) groups is 2. The highest BCUT2D eigenvalue weighted by Crippen LogP contribution is 2.10. The molecular weight excluding hydrogens is 361 g/mol. The lowest BCUT2D eigenvalue weighted by atomic mass is 10.1. The number of hydrogen-bond donors (Lipinski definition) is 3. The fourth-order valence-corrected chi connectivity index (χ4v) is 2.19. The van der Waals surface area contributed by atoms with Crippen LogP contribution >= 0.6 is 24.8 Å². The summed E-state index contributed by atoms with van der Waals surface area (Å²) in [6, 6.07) is 14.9. The van der Waals surface area contributed by atoms with Gasteiger partial charge in [-0.1, -0.05) is 24.3 Å². The van der Waals surface area contributed by atoms with Gasteiger partial charge in [0.25, 0.3) is 0 Å². The van der Waals surface area contributed by atoms with Crippen LogP contribution in [0.4, 0.5) is 11.4 Å². The van der Waals surface area contributed by atoms with Gasteiger partial charge in [0.15, 0.2) is 0 Å². The highest BCUT2D eigenvalue weighted by molar-refractivity contribution is 5.88. The van der Waals surface area contributed by atoms with Gasteiger partial charge in [-0.3, -0.25) is 9.59 Å². The minimum atomic E-state index is -0.113. The summed E-state index contributed by atoms with van der Waals surface area (Å²) in [5.41, 5.74) is 9.14. The summed E-state index contributed by atoms with van der Waals surface area (Å²) in [4.78, 5) is 22.9. The van der Waals surface area contributed by atoms with Gasteiger partial charge >= 0.3 is 0 Å². The lowest BCUT2D eigenvalue weighted by Gasteiger charge is -2.07. The average Bonchev–Trinajstić information content (AvgIpc) is 2.51. The Morgan fingerprint density at radius 3 is 2.04 bits per heavy atom. The molecule has 2 amide bonds. The smallest absolute Gasteiger partial charge is 0.224 e. The second kappa shape index (κ2) is 11.3. The Kier molecular flexibility index (Phi) is 10.3. The van der Waals surface area contributed by atoms with Crippen molar-refractivity contribution in [3.8, 4) is 0 Å². The predicted molar refractivity (Wildman–Crippen MR) is 107 cm³/mol. The minimum Gasteiger partial charge on any atom is -0.399 e. The molecule has 0 spiro atoms. The van der Waals surface area contributed by atoms with Gasteiger partial charge in [0, 0.05) is 24.8 Å². The van der Waals surface area contributed by atoms with Crippen LogP contribution in [0.25, 0.3) is 0 Å². The Bertz CT molecular complexity index is 674. The number of hydrogen-bond acceptors (Lipinski definition) is 3. The second-order valence-electron chi connectivity index (χ2n) is 5.40. The molecule has 0 saturated heterocycles. The van der Waals surface area contributed by atoms with Crippen LogP contribution in [0.5, 0.6) is 0 Å². The Hall–Kier alpha value is -2.24. The molecule has 0 unspecified atom stereocenters. The van der Waals surface area contributed by atoms with E-state index in [4.69, 9.17) is 5.73 Å². The lowest BCUT2D eigenvalue weighted by molar-refractivity contribution is -0.120. The molecule has 2 aromatic carbocycles. The van der Waals surface area contributed by atoms with Gasteiger partial charge in [0.05, 0.1) is 6.42 Å². The summed E-state index contributed by atoms with van der Waals surface area (Å²) in [6.45, 7) is 2.05. The van der Waals surface area contributed by atoms with Gasteiger partial charge < -0.3 is 16.4 Å². The van der Waals surface area contributed by atoms with E-state index in [2.05, 4.69) is 10.6 Å². The monoisotopic (exact) mass is 383 g/mol. The van der Waals surface area contributed by atoms with Crippen LogP contribution in [0.2, 0.25) is 0 Å². The third-order valence-corrected chi connectivity index (χ3v) is 3.35. The maximum absolute atomic E-state index is 11.9. The van der Waals surface area contributed by atoms with Gasteiger partial charge in [0.2, 0.25) is 11.8 Å². The molecular formula is C18H23Cl2N3O2. The van der Waals surface area contributed by atoms with Crippen molar-refractivity contribution >= 4 is 48.0 Å². The van der Waals surface area contributed by atoms with E-state index >= 15 is 0 Å². The van der Waals surface area contributed by atoms with E-state index in [-0.39, 0.29) is 36.6 Å². The van der Waals surface area contributed by atoms with Gasteiger partial charge in [-0.2, -0.15) is 0 Å². The van der Waals surface area contributed by atoms with Crippen LogP contribution in [0.1, 0.15) is 18.1 Å². The molecule has 0 fully saturated rings. The zero-order chi connectivity index (χ0) is 16.7. The van der Waals surface area contributed by atoms with Crippen LogP contribution < -0.4 is 16.4 Å². The Balaban J connectivity index is 0.00000288. The molecule has 0 aliphatic rings. The molecule has 0 aliphatic carbocycles. The first-order valence-electron chi connectivity index (χ1n) is 7.50. The zero-order valence-corrected chi connectivity index (χ0v) is 15.6. The van der Waals surface area contributed by atoms with Gasteiger partial charge in [0.1, 0.15) is 0 Å². The van der Waals surface area contributed by atoms with Crippen LogP contribution in [0.15, 0.2) is 48.5 Å². The van der Waals surface area contributed by atoms with E-state index in [1.54, 1.807) is 12.1 Å². The van der Waals surface area contributed by atoms with Crippen LogP contribution in [0.3, 0.4) is 0 Å². The standard InChI is InChI=1S/C18H21N3O2.2ClH/c1-13(22)21-17-8-4-15(5-9-17)12-18(23)20-11-10-14-2-6-16(19)7-3-14;;/h2-9H,10-12,19H2,1H3,(H,20,23)(H,21,22);2*1H. The fraction of sp³-hybridized carbons (Fsp3) is 0.222. The van der Waals surface area contributed by atoms with Crippen LogP contribution in [0, 0.1) is 0 Å². The molecule has 0 bridgehead atoms. The number of carbonyl (C=O) groups excluding carboxylic acids is 2. The maximum atomic E-state index is 11.9. The summed E-state index contributed by atoms with van der Waals surface area (Å²) in [5, 5.41) is 5.59. The van der Waals surface area contributed by atoms with Crippen LogP contribution in [-0.2, 0) is 22.4 Å². The number of nitrogen functional groups attached to an aromatic ring is 1. The summed E-state index contributed by atoms with van der Waals surface area (Å²) in [5.74, 6) is -0.133. The first-order chi connectivity index (χ1) is 11.0. The molecule has 4 N–H and O–H groups in total. The van der Waals surface area contributed by atoms with Crippen molar-refractivity contribution in [1.29, 1.82) is 0 Å². The Labute approximate surface area is 160 Å². The molecule has 0 atom stereocenters. The molecule has 7 heteroatoms. The number of nitrogens with two attached hydrogens (primary N) is 1. The third kappa shape index (κ3) is 8.42. The van der Waals surface area contributed by atoms with E-state index < -0.39 is 0 Å². The first kappa shape index (κ1) is 22.8. The molecule has 0 aliphatic heterocycles. The van der Waals surface area contributed by atoms with E-state index in [0.717, 1.165) is 28.9 Å². The molecule has 0 radical (unpaired) electrons. The van der Waals surface area contributed by atoms with Crippen molar-refractivity contribution in [1.82, 2.24) is 5.32 Å². The van der Waals surface area contributed by atoms with E-state index in [9.17, 15) is 9.59 Å². The number of rotatable bonds is 6. The van der Waals surface area contributed by atoms with Gasteiger partial charge in [-0.05, 0) is 41.8 Å². The normalized spacial score (nSPS) is 9.32. The summed E-state index contributed by atoms with van der Waals surface area (Å²) < 4.78 is 0. The molecule has 25 heavy (non-hydrogen) atoms. The second-order valence-corrected chi connectivity index (χ2v) is 5.40. The minimum absolute atomic E-state index is 0. The summed E-state index contributed by atoms with van der Waals surface area (Å²) >= 11 is 0. The number of halogens is 2. The SMILES string of the molecule is CC(=O)Nc1ccc(CC(=O)NCCc2ccc(N)cc2)cc1.Cl.Cl. The molecule has 0 heterocycles. The number of nitrogens with one attached hydrogen (secondary N) is 2. The van der Waals surface area contributed by atoms with E-state index in [1.807, 2.05) is 36.4 Å².